The predicted molar refractivity (Wildman–Crippen MR) is 80.0 cm³/mol. The summed E-state index contributed by atoms with van der Waals surface area (Å²) >= 11 is 0. The summed E-state index contributed by atoms with van der Waals surface area (Å²) in [6.45, 7) is 9.13. The minimum atomic E-state index is -1.05. The van der Waals surface area contributed by atoms with Gasteiger partial charge in [-0.2, -0.15) is 0 Å². The summed E-state index contributed by atoms with van der Waals surface area (Å²) < 4.78 is 0. The molecular formula is C14H27N3O4. The summed E-state index contributed by atoms with van der Waals surface area (Å²) in [6.07, 6.45) is 0.218. The summed E-state index contributed by atoms with van der Waals surface area (Å²) in [5, 5.41) is 11.4. The van der Waals surface area contributed by atoms with Crippen molar-refractivity contribution < 1.29 is 19.5 Å². The van der Waals surface area contributed by atoms with E-state index in [1.165, 1.54) is 4.90 Å². The van der Waals surface area contributed by atoms with Crippen molar-refractivity contribution in [2.75, 3.05) is 32.7 Å². The van der Waals surface area contributed by atoms with Crippen LogP contribution in [0.4, 0.5) is 4.79 Å². The molecule has 0 aromatic heterocycles. The van der Waals surface area contributed by atoms with Crippen LogP contribution in [0.15, 0.2) is 0 Å². The van der Waals surface area contributed by atoms with Crippen LogP contribution in [0.25, 0.3) is 0 Å². The smallest absolute Gasteiger partial charge is 0.323 e. The molecule has 0 unspecified atom stereocenters. The molecule has 7 nitrogen and oxygen atoms in total. The Bertz CT molecular complexity index is 354. The maximum Gasteiger partial charge on any atom is 0.323 e. The third-order valence-corrected chi connectivity index (χ3v) is 2.93. The van der Waals surface area contributed by atoms with E-state index in [4.69, 9.17) is 5.11 Å². The van der Waals surface area contributed by atoms with Gasteiger partial charge in [-0.25, -0.2) is 4.79 Å². The number of hydrogen-bond donors (Lipinski definition) is 2. The first-order chi connectivity index (χ1) is 9.81. The molecular weight excluding hydrogens is 274 g/mol. The number of hydrogen-bond acceptors (Lipinski definition) is 3. The van der Waals surface area contributed by atoms with Crippen LogP contribution in [0.3, 0.4) is 0 Å². The van der Waals surface area contributed by atoms with E-state index >= 15 is 0 Å². The fourth-order valence-corrected chi connectivity index (χ4v) is 1.95. The van der Waals surface area contributed by atoms with Gasteiger partial charge in [0.05, 0.1) is 0 Å². The number of carboxylic acid groups (broad SMARTS) is 1. The van der Waals surface area contributed by atoms with Gasteiger partial charge in [0, 0.05) is 32.6 Å². The quantitative estimate of drug-likeness (QED) is 0.665. The number of carboxylic acids is 1. The Morgan fingerprint density at radius 1 is 1.10 bits per heavy atom. The molecule has 0 aromatic rings. The molecule has 0 saturated heterocycles. The summed E-state index contributed by atoms with van der Waals surface area (Å²) in [5.41, 5.74) is 0. The topological polar surface area (TPSA) is 90.0 Å². The van der Waals surface area contributed by atoms with Gasteiger partial charge in [0.2, 0.25) is 5.91 Å². The number of nitrogens with one attached hydrogen (secondary N) is 1. The Balaban J connectivity index is 4.30. The molecule has 0 aliphatic heterocycles. The number of rotatable bonds is 9. The first kappa shape index (κ1) is 19.2. The first-order valence-electron chi connectivity index (χ1n) is 7.34. The van der Waals surface area contributed by atoms with Crippen LogP contribution in [0.1, 0.15) is 34.1 Å². The number of urea groups is 1. The zero-order valence-corrected chi connectivity index (χ0v) is 13.4. The molecule has 3 amide bonds. The van der Waals surface area contributed by atoms with Crippen LogP contribution >= 0.6 is 0 Å². The molecule has 0 radical (unpaired) electrons. The number of nitrogens with zero attached hydrogens (tertiary/aromatic N) is 2. The third-order valence-electron chi connectivity index (χ3n) is 2.93. The molecule has 0 aliphatic carbocycles. The molecule has 0 rings (SSSR count). The molecule has 0 fully saturated rings. The second kappa shape index (κ2) is 10.0. The van der Waals surface area contributed by atoms with E-state index in [9.17, 15) is 14.4 Å². The Morgan fingerprint density at radius 3 is 2.10 bits per heavy atom. The van der Waals surface area contributed by atoms with Crippen LogP contribution in [-0.2, 0) is 9.59 Å². The fraction of sp³-hybridized carbons (Fsp3) is 0.786. The number of amides is 3. The van der Waals surface area contributed by atoms with Crippen LogP contribution in [0.2, 0.25) is 0 Å². The third kappa shape index (κ3) is 8.16. The molecule has 0 bridgehead atoms. The summed E-state index contributed by atoms with van der Waals surface area (Å²) in [5.74, 6) is -0.897. The van der Waals surface area contributed by atoms with Crippen molar-refractivity contribution in [3.8, 4) is 0 Å². The number of carbonyl (C=O) groups excluding carboxylic acids is 2. The van der Waals surface area contributed by atoms with E-state index in [0.717, 1.165) is 0 Å². The second-order valence-corrected chi connectivity index (χ2v) is 5.22. The Morgan fingerprint density at radius 2 is 1.67 bits per heavy atom. The highest BCUT2D eigenvalue weighted by atomic mass is 16.4. The lowest BCUT2D eigenvalue weighted by Gasteiger charge is -2.23. The lowest BCUT2D eigenvalue weighted by Crippen LogP contribution is -2.45. The molecule has 21 heavy (non-hydrogen) atoms. The maximum absolute atomic E-state index is 11.9. The van der Waals surface area contributed by atoms with Crippen molar-refractivity contribution in [2.45, 2.75) is 34.1 Å². The van der Waals surface area contributed by atoms with Crippen molar-refractivity contribution in [3.05, 3.63) is 0 Å². The molecule has 0 atom stereocenters. The van der Waals surface area contributed by atoms with Crippen molar-refractivity contribution in [1.82, 2.24) is 15.1 Å². The highest BCUT2D eigenvalue weighted by Gasteiger charge is 2.18. The Labute approximate surface area is 126 Å². The zero-order chi connectivity index (χ0) is 16.4. The van der Waals surface area contributed by atoms with Crippen LogP contribution in [0.5, 0.6) is 0 Å². The van der Waals surface area contributed by atoms with E-state index in [0.29, 0.717) is 19.6 Å². The first-order valence-corrected chi connectivity index (χ1v) is 7.34. The van der Waals surface area contributed by atoms with E-state index < -0.39 is 12.0 Å². The minimum absolute atomic E-state index is 0.0195. The van der Waals surface area contributed by atoms with Gasteiger partial charge < -0.3 is 20.2 Å². The Kier molecular flexibility index (Phi) is 9.16. The van der Waals surface area contributed by atoms with Crippen molar-refractivity contribution in [1.29, 1.82) is 0 Å². The van der Waals surface area contributed by atoms with Gasteiger partial charge in [-0.3, -0.25) is 9.59 Å². The second-order valence-electron chi connectivity index (χ2n) is 5.22. The average Bonchev–Trinajstić information content (AvgIpc) is 2.38. The van der Waals surface area contributed by atoms with Crippen molar-refractivity contribution >= 4 is 17.9 Å². The largest absolute Gasteiger partial charge is 0.480 e. The van der Waals surface area contributed by atoms with Crippen molar-refractivity contribution in [3.63, 3.8) is 0 Å². The zero-order valence-electron chi connectivity index (χ0n) is 13.4. The van der Waals surface area contributed by atoms with Gasteiger partial charge in [0.1, 0.15) is 6.54 Å². The van der Waals surface area contributed by atoms with Crippen LogP contribution in [0, 0.1) is 5.92 Å². The Hall–Kier alpha value is -1.79. The van der Waals surface area contributed by atoms with Gasteiger partial charge in [-0.1, -0.05) is 13.8 Å². The standard InChI is InChI=1S/C14H27N3O4/c1-5-16(6-2)12(18)7-8-15-14(21)17(9-11(3)4)10-13(19)20/h11H,5-10H2,1-4H3,(H,15,21)(H,19,20). The van der Waals surface area contributed by atoms with Gasteiger partial charge >= 0.3 is 12.0 Å². The highest BCUT2D eigenvalue weighted by Crippen LogP contribution is 2.00. The average molecular weight is 301 g/mol. The summed E-state index contributed by atoms with van der Waals surface area (Å²) in [4.78, 5) is 37.4. The van der Waals surface area contributed by atoms with Gasteiger partial charge in [-0.05, 0) is 19.8 Å². The highest BCUT2D eigenvalue weighted by molar-refractivity contribution is 5.81. The van der Waals surface area contributed by atoms with Gasteiger partial charge in [0.25, 0.3) is 0 Å². The molecule has 0 saturated carbocycles. The lowest BCUT2D eigenvalue weighted by atomic mass is 10.2. The van der Waals surface area contributed by atoms with E-state index in [1.807, 2.05) is 27.7 Å². The molecule has 0 heterocycles. The molecule has 122 valence electrons. The SMILES string of the molecule is CCN(CC)C(=O)CCNC(=O)N(CC(=O)O)CC(C)C. The molecule has 0 aliphatic rings. The fourth-order valence-electron chi connectivity index (χ4n) is 1.95. The molecule has 0 aromatic carbocycles. The predicted octanol–water partition coefficient (Wildman–Crippen LogP) is 0.997. The summed E-state index contributed by atoms with van der Waals surface area (Å²) in [6, 6.07) is -0.446. The van der Waals surface area contributed by atoms with E-state index in [-0.39, 0.29) is 31.3 Å². The minimum Gasteiger partial charge on any atom is -0.480 e. The van der Waals surface area contributed by atoms with Gasteiger partial charge in [0.15, 0.2) is 0 Å². The molecule has 0 spiro atoms. The molecule has 7 heteroatoms. The molecule has 2 N–H and O–H groups in total. The van der Waals surface area contributed by atoms with Crippen LogP contribution in [-0.4, -0.2) is 65.5 Å². The van der Waals surface area contributed by atoms with E-state index in [1.54, 1.807) is 4.90 Å². The summed E-state index contributed by atoms with van der Waals surface area (Å²) in [7, 11) is 0. The number of carbonyl (C=O) groups is 3. The monoisotopic (exact) mass is 301 g/mol. The number of aliphatic carboxylic acids is 1. The van der Waals surface area contributed by atoms with Crippen LogP contribution < -0.4 is 5.32 Å². The lowest BCUT2D eigenvalue weighted by molar-refractivity contribution is -0.137. The maximum atomic E-state index is 11.9. The normalized spacial score (nSPS) is 10.3. The van der Waals surface area contributed by atoms with Gasteiger partial charge in [-0.15, -0.1) is 0 Å². The van der Waals surface area contributed by atoms with Crippen molar-refractivity contribution in [2.24, 2.45) is 5.92 Å². The van der Waals surface area contributed by atoms with E-state index in [2.05, 4.69) is 5.32 Å².